The molecule has 0 unspecified atom stereocenters. The summed E-state index contributed by atoms with van der Waals surface area (Å²) in [5.74, 6) is 1.04. The van der Waals surface area contributed by atoms with Gasteiger partial charge in [-0.1, -0.05) is 6.07 Å². The van der Waals surface area contributed by atoms with E-state index in [1.807, 2.05) is 24.3 Å². The van der Waals surface area contributed by atoms with Crippen LogP contribution in [-0.2, 0) is 10.2 Å². The molecule has 2 N–H and O–H groups in total. The third-order valence-electron chi connectivity index (χ3n) is 5.26. The molecule has 2 aromatic carbocycles. The molecule has 1 spiro atoms. The van der Waals surface area contributed by atoms with Crippen molar-refractivity contribution in [2.45, 2.75) is 17.8 Å². The third-order valence-corrected chi connectivity index (χ3v) is 5.87. The number of carbonyl (C=O) groups excluding carboxylic acids is 1. The lowest BCUT2D eigenvalue weighted by Crippen LogP contribution is -2.21. The number of nitrogens with one attached hydrogen (secondary N) is 2. The Labute approximate surface area is 146 Å². The van der Waals surface area contributed by atoms with Gasteiger partial charge in [0.25, 0.3) is 0 Å². The number of ether oxygens (including phenoxy) is 1. The van der Waals surface area contributed by atoms with Crippen LogP contribution in [0.2, 0.25) is 0 Å². The normalized spacial score (nSPS) is 24.2. The SMILES string of the molecule is COc1ccc2c(c1)[C@]1(C[C@H]1c1ccc3c(Br)n[nH]c3c1)C(=O)N2. The maximum absolute atomic E-state index is 12.7. The number of fused-ring (bicyclic) bond motifs is 3. The number of nitrogens with zero attached hydrogens (tertiary/aromatic N) is 1. The van der Waals surface area contributed by atoms with E-state index in [1.165, 1.54) is 0 Å². The lowest BCUT2D eigenvalue weighted by Gasteiger charge is -2.10. The molecule has 2 heterocycles. The van der Waals surface area contributed by atoms with E-state index in [2.05, 4.69) is 43.6 Å². The minimum absolute atomic E-state index is 0.0849. The second-order valence-electron chi connectivity index (χ2n) is 6.41. The average molecular weight is 384 g/mol. The molecule has 24 heavy (non-hydrogen) atoms. The van der Waals surface area contributed by atoms with Crippen molar-refractivity contribution in [1.29, 1.82) is 0 Å². The fourth-order valence-electron chi connectivity index (χ4n) is 3.92. The van der Waals surface area contributed by atoms with Gasteiger partial charge < -0.3 is 10.1 Å². The van der Waals surface area contributed by atoms with Crippen molar-refractivity contribution >= 4 is 38.4 Å². The van der Waals surface area contributed by atoms with Crippen LogP contribution in [0.1, 0.15) is 23.5 Å². The van der Waals surface area contributed by atoms with Gasteiger partial charge in [-0.15, -0.1) is 0 Å². The molecule has 6 heteroatoms. The molecular weight excluding hydrogens is 370 g/mol. The average Bonchev–Trinajstić information content (AvgIpc) is 3.17. The van der Waals surface area contributed by atoms with Crippen LogP contribution in [0.5, 0.6) is 5.75 Å². The molecule has 120 valence electrons. The lowest BCUT2D eigenvalue weighted by atomic mass is 9.91. The molecule has 1 aliphatic carbocycles. The van der Waals surface area contributed by atoms with E-state index in [0.717, 1.165) is 44.5 Å². The number of benzene rings is 2. The predicted octanol–water partition coefficient (Wildman–Crippen LogP) is 3.71. The molecule has 3 aromatic rings. The van der Waals surface area contributed by atoms with Crippen molar-refractivity contribution in [2.75, 3.05) is 12.4 Å². The van der Waals surface area contributed by atoms with Crippen LogP contribution in [-0.4, -0.2) is 23.2 Å². The van der Waals surface area contributed by atoms with E-state index < -0.39 is 5.41 Å². The first-order chi connectivity index (χ1) is 11.6. The highest BCUT2D eigenvalue weighted by Gasteiger charge is 2.65. The number of hydrogen-bond acceptors (Lipinski definition) is 3. The van der Waals surface area contributed by atoms with Gasteiger partial charge in [-0.3, -0.25) is 9.89 Å². The van der Waals surface area contributed by atoms with Gasteiger partial charge >= 0.3 is 0 Å². The van der Waals surface area contributed by atoms with Crippen LogP contribution in [0.15, 0.2) is 41.0 Å². The first-order valence-corrected chi connectivity index (χ1v) is 8.56. The van der Waals surface area contributed by atoms with E-state index in [1.54, 1.807) is 7.11 Å². The van der Waals surface area contributed by atoms with E-state index in [0.29, 0.717) is 0 Å². The minimum Gasteiger partial charge on any atom is -0.497 e. The van der Waals surface area contributed by atoms with Gasteiger partial charge in [0.2, 0.25) is 5.91 Å². The Hall–Kier alpha value is -2.34. The van der Waals surface area contributed by atoms with Gasteiger partial charge in [0.1, 0.15) is 10.4 Å². The van der Waals surface area contributed by atoms with Crippen molar-refractivity contribution < 1.29 is 9.53 Å². The zero-order valence-electron chi connectivity index (χ0n) is 12.9. The zero-order chi connectivity index (χ0) is 16.5. The zero-order valence-corrected chi connectivity index (χ0v) is 14.5. The predicted molar refractivity (Wildman–Crippen MR) is 94.5 cm³/mol. The van der Waals surface area contributed by atoms with E-state index in [9.17, 15) is 4.79 Å². The number of carbonyl (C=O) groups is 1. The molecule has 0 saturated heterocycles. The summed E-state index contributed by atoms with van der Waals surface area (Å²) in [6, 6.07) is 12.0. The summed E-state index contributed by atoms with van der Waals surface area (Å²) in [6.07, 6.45) is 0.819. The number of H-pyrrole nitrogens is 1. The number of amides is 1. The molecule has 0 bridgehead atoms. The molecular formula is C18H14BrN3O2. The summed E-state index contributed by atoms with van der Waals surface area (Å²) in [5.41, 5.74) is 3.61. The third kappa shape index (κ3) is 1.69. The van der Waals surface area contributed by atoms with Crippen molar-refractivity contribution in [2.24, 2.45) is 0 Å². The fourth-order valence-corrected chi connectivity index (χ4v) is 4.35. The van der Waals surface area contributed by atoms with Crippen molar-refractivity contribution in [1.82, 2.24) is 10.2 Å². The number of hydrogen-bond donors (Lipinski definition) is 2. The van der Waals surface area contributed by atoms with Gasteiger partial charge in [0.15, 0.2) is 0 Å². The minimum atomic E-state index is -0.463. The Balaban J connectivity index is 1.60. The van der Waals surface area contributed by atoms with E-state index in [-0.39, 0.29) is 11.8 Å². The Morgan fingerprint density at radius 1 is 1.29 bits per heavy atom. The first kappa shape index (κ1) is 14.0. The Morgan fingerprint density at radius 2 is 2.17 bits per heavy atom. The molecule has 2 atom stereocenters. The lowest BCUT2D eigenvalue weighted by molar-refractivity contribution is -0.118. The molecule has 2 aliphatic rings. The van der Waals surface area contributed by atoms with Crippen LogP contribution < -0.4 is 10.1 Å². The summed E-state index contributed by atoms with van der Waals surface area (Å²) >= 11 is 3.43. The van der Waals surface area contributed by atoms with Gasteiger partial charge in [-0.25, -0.2) is 0 Å². The highest BCUT2D eigenvalue weighted by atomic mass is 79.9. The largest absolute Gasteiger partial charge is 0.497 e. The van der Waals surface area contributed by atoms with Gasteiger partial charge in [-0.05, 0) is 63.8 Å². The Bertz CT molecular complexity index is 1010. The number of rotatable bonds is 2. The van der Waals surface area contributed by atoms with Crippen LogP contribution in [0, 0.1) is 0 Å². The van der Waals surface area contributed by atoms with Crippen LogP contribution >= 0.6 is 15.9 Å². The summed E-state index contributed by atoms with van der Waals surface area (Å²) in [6.45, 7) is 0. The number of aromatic amines is 1. The van der Waals surface area contributed by atoms with E-state index in [4.69, 9.17) is 4.74 Å². The summed E-state index contributed by atoms with van der Waals surface area (Å²) in [4.78, 5) is 12.7. The number of halogens is 1. The first-order valence-electron chi connectivity index (χ1n) is 7.77. The molecule has 1 saturated carbocycles. The maximum Gasteiger partial charge on any atom is 0.235 e. The van der Waals surface area contributed by atoms with Gasteiger partial charge in [0.05, 0.1) is 18.0 Å². The second-order valence-corrected chi connectivity index (χ2v) is 7.16. The molecule has 1 aromatic heterocycles. The number of methoxy groups -OCH3 is 1. The highest BCUT2D eigenvalue weighted by Crippen LogP contribution is 2.65. The quantitative estimate of drug-likeness (QED) is 0.708. The molecule has 1 amide bonds. The molecule has 5 rings (SSSR count). The van der Waals surface area contributed by atoms with Crippen molar-refractivity contribution in [3.63, 3.8) is 0 Å². The smallest absolute Gasteiger partial charge is 0.235 e. The summed E-state index contributed by atoms with van der Waals surface area (Å²) < 4.78 is 6.15. The standard InChI is InChI=1S/C18H14BrN3O2/c1-24-10-3-5-14-12(7-10)18(17(23)20-14)8-13(18)9-2-4-11-15(6-9)21-22-16(11)19/h2-7,13H,8H2,1H3,(H,20,23)(H,21,22)/t13-,18-/m0/s1. The molecule has 1 fully saturated rings. The van der Waals surface area contributed by atoms with Crippen molar-refractivity contribution in [3.05, 3.63) is 52.1 Å². The van der Waals surface area contributed by atoms with E-state index >= 15 is 0 Å². The highest BCUT2D eigenvalue weighted by molar-refractivity contribution is 9.10. The topological polar surface area (TPSA) is 67.0 Å². The van der Waals surface area contributed by atoms with Crippen molar-refractivity contribution in [3.8, 4) is 5.75 Å². The monoisotopic (exact) mass is 383 g/mol. The second kappa shape index (κ2) is 4.60. The summed E-state index contributed by atoms with van der Waals surface area (Å²) in [7, 11) is 1.65. The van der Waals surface area contributed by atoms with Gasteiger partial charge in [-0.2, -0.15) is 5.10 Å². The van der Waals surface area contributed by atoms with Crippen LogP contribution in [0.4, 0.5) is 5.69 Å². The Kier molecular flexibility index (Phi) is 2.69. The van der Waals surface area contributed by atoms with Crippen LogP contribution in [0.3, 0.4) is 0 Å². The van der Waals surface area contributed by atoms with Crippen LogP contribution in [0.25, 0.3) is 10.9 Å². The van der Waals surface area contributed by atoms with Gasteiger partial charge in [0, 0.05) is 17.0 Å². The molecule has 1 aliphatic heterocycles. The molecule has 5 nitrogen and oxygen atoms in total. The molecule has 0 radical (unpaired) electrons. The Morgan fingerprint density at radius 3 is 3.00 bits per heavy atom. The summed E-state index contributed by atoms with van der Waals surface area (Å²) in [5, 5.41) is 11.3. The number of aromatic nitrogens is 2. The fraction of sp³-hybridized carbons (Fsp3) is 0.222. The number of anilines is 1. The maximum atomic E-state index is 12.7.